The lowest BCUT2D eigenvalue weighted by Crippen LogP contribution is -2.41. The van der Waals surface area contributed by atoms with Gasteiger partial charge in [0.15, 0.2) is 0 Å². The molecule has 1 saturated heterocycles. The number of methoxy groups -OCH3 is 1. The molecule has 1 unspecified atom stereocenters. The number of carbonyl (C=O) groups is 2. The maximum absolute atomic E-state index is 12.3. The lowest BCUT2D eigenvalue weighted by molar-refractivity contribution is -0.144. The summed E-state index contributed by atoms with van der Waals surface area (Å²) in [6, 6.07) is 6.25. The number of benzene rings is 1. The van der Waals surface area contributed by atoms with Crippen LogP contribution in [0, 0.1) is 0 Å². The number of rotatable bonds is 4. The molecule has 0 aliphatic carbocycles. The van der Waals surface area contributed by atoms with Gasteiger partial charge in [-0.15, -0.1) is 0 Å². The number of aliphatic carboxylic acids is 1. The molecule has 1 N–H and O–H groups in total. The van der Waals surface area contributed by atoms with E-state index in [1.54, 1.807) is 25.3 Å². The minimum absolute atomic E-state index is 0.254. The van der Waals surface area contributed by atoms with E-state index in [0.717, 1.165) is 22.2 Å². The highest BCUT2D eigenvalue weighted by Gasteiger charge is 2.38. The van der Waals surface area contributed by atoms with Crippen molar-refractivity contribution < 1.29 is 19.4 Å². The summed E-state index contributed by atoms with van der Waals surface area (Å²) in [5, 5.41) is 9.02. The zero-order valence-electron chi connectivity index (χ0n) is 11.4. The molecule has 1 heterocycles. The minimum atomic E-state index is -1.09. The SMILES string of the molecule is COc1cccc(C=C2SC(=S)N(C(C)C(=O)O)C2=O)c1. The van der Waals surface area contributed by atoms with Crippen LogP contribution in [0.2, 0.25) is 0 Å². The summed E-state index contributed by atoms with van der Waals surface area (Å²) in [5.41, 5.74) is 0.790. The Morgan fingerprint density at radius 1 is 1.52 bits per heavy atom. The van der Waals surface area contributed by atoms with Crippen molar-refractivity contribution in [3.63, 3.8) is 0 Å². The zero-order chi connectivity index (χ0) is 15.6. The largest absolute Gasteiger partial charge is 0.497 e. The van der Waals surface area contributed by atoms with Crippen LogP contribution in [0.4, 0.5) is 0 Å². The van der Waals surface area contributed by atoms with E-state index < -0.39 is 12.0 Å². The number of carboxylic acids is 1. The molecule has 0 radical (unpaired) electrons. The number of nitrogens with zero attached hydrogens (tertiary/aromatic N) is 1. The molecule has 5 nitrogen and oxygen atoms in total. The summed E-state index contributed by atoms with van der Waals surface area (Å²) < 4.78 is 5.38. The van der Waals surface area contributed by atoms with E-state index in [1.165, 1.54) is 6.92 Å². The Morgan fingerprint density at radius 2 is 2.24 bits per heavy atom. The van der Waals surface area contributed by atoms with Gasteiger partial charge in [0.25, 0.3) is 5.91 Å². The summed E-state index contributed by atoms with van der Waals surface area (Å²) in [6.45, 7) is 1.43. The Morgan fingerprint density at radius 3 is 2.86 bits per heavy atom. The fourth-order valence-corrected chi connectivity index (χ4v) is 3.23. The highest BCUT2D eigenvalue weighted by molar-refractivity contribution is 8.26. The highest BCUT2D eigenvalue weighted by Crippen LogP contribution is 2.34. The van der Waals surface area contributed by atoms with Crippen molar-refractivity contribution >= 4 is 46.3 Å². The number of ether oxygens (including phenoxy) is 1. The van der Waals surface area contributed by atoms with Gasteiger partial charge < -0.3 is 9.84 Å². The Hall–Kier alpha value is -1.86. The Bertz CT molecular complexity index is 642. The Balaban J connectivity index is 2.29. The fourth-order valence-electron chi connectivity index (χ4n) is 1.81. The van der Waals surface area contributed by atoms with Gasteiger partial charge in [0.1, 0.15) is 16.1 Å². The lowest BCUT2D eigenvalue weighted by atomic mass is 10.2. The molecule has 0 aromatic heterocycles. The number of carbonyl (C=O) groups excluding carboxylic acids is 1. The number of thioether (sulfide) groups is 1. The van der Waals surface area contributed by atoms with Crippen LogP contribution in [-0.2, 0) is 9.59 Å². The van der Waals surface area contributed by atoms with Crippen LogP contribution in [0.25, 0.3) is 6.08 Å². The van der Waals surface area contributed by atoms with Gasteiger partial charge in [0, 0.05) is 0 Å². The van der Waals surface area contributed by atoms with Crippen LogP contribution >= 0.6 is 24.0 Å². The first-order valence-corrected chi connectivity index (χ1v) is 7.30. The van der Waals surface area contributed by atoms with Crippen molar-refractivity contribution in [2.24, 2.45) is 0 Å². The molecule has 21 heavy (non-hydrogen) atoms. The number of thiocarbonyl (C=S) groups is 1. The van der Waals surface area contributed by atoms with E-state index in [9.17, 15) is 9.59 Å². The third-order valence-electron chi connectivity index (χ3n) is 2.96. The van der Waals surface area contributed by atoms with Gasteiger partial charge in [-0.05, 0) is 30.7 Å². The van der Waals surface area contributed by atoms with Crippen LogP contribution < -0.4 is 4.74 Å². The van der Waals surface area contributed by atoms with E-state index in [2.05, 4.69) is 0 Å². The second-order valence-corrected chi connectivity index (χ2v) is 6.02. The van der Waals surface area contributed by atoms with Gasteiger partial charge in [-0.2, -0.15) is 0 Å². The molecule has 1 aliphatic heterocycles. The van der Waals surface area contributed by atoms with Crippen LogP contribution in [0.1, 0.15) is 12.5 Å². The van der Waals surface area contributed by atoms with Crippen LogP contribution in [-0.4, -0.2) is 39.4 Å². The van der Waals surface area contributed by atoms with Crippen molar-refractivity contribution in [1.82, 2.24) is 4.90 Å². The molecule has 1 aromatic carbocycles. The molecule has 2 rings (SSSR count). The molecule has 0 spiro atoms. The molecule has 1 aromatic rings. The summed E-state index contributed by atoms with van der Waals surface area (Å²) in [7, 11) is 1.56. The van der Waals surface area contributed by atoms with Crippen molar-refractivity contribution in [1.29, 1.82) is 0 Å². The van der Waals surface area contributed by atoms with Gasteiger partial charge in [-0.1, -0.05) is 36.1 Å². The van der Waals surface area contributed by atoms with Crippen LogP contribution in [0.5, 0.6) is 5.75 Å². The third-order valence-corrected chi connectivity index (χ3v) is 4.29. The predicted octanol–water partition coefficient (Wildman–Crippen LogP) is 2.37. The lowest BCUT2D eigenvalue weighted by Gasteiger charge is -2.18. The van der Waals surface area contributed by atoms with E-state index in [4.69, 9.17) is 22.1 Å². The molecular weight excluding hydrogens is 310 g/mol. The average molecular weight is 323 g/mol. The Kier molecular flexibility index (Phi) is 4.64. The van der Waals surface area contributed by atoms with E-state index >= 15 is 0 Å². The van der Waals surface area contributed by atoms with Gasteiger partial charge in [-0.25, -0.2) is 4.79 Å². The normalized spacial score (nSPS) is 18.2. The maximum atomic E-state index is 12.3. The number of hydrogen-bond acceptors (Lipinski definition) is 5. The second-order valence-electron chi connectivity index (χ2n) is 4.34. The number of carboxylic acid groups (broad SMARTS) is 1. The van der Waals surface area contributed by atoms with Crippen molar-refractivity contribution in [2.75, 3.05) is 7.11 Å². The smallest absolute Gasteiger partial charge is 0.326 e. The van der Waals surface area contributed by atoms with Crippen molar-refractivity contribution in [2.45, 2.75) is 13.0 Å². The van der Waals surface area contributed by atoms with Gasteiger partial charge in [0.05, 0.1) is 12.0 Å². The topological polar surface area (TPSA) is 66.8 Å². The molecule has 110 valence electrons. The molecular formula is C14H13NO4S2. The quantitative estimate of drug-likeness (QED) is 0.678. The predicted molar refractivity (Wildman–Crippen MR) is 85.1 cm³/mol. The molecule has 0 saturated carbocycles. The van der Waals surface area contributed by atoms with Crippen LogP contribution in [0.3, 0.4) is 0 Å². The Labute approximate surface area is 131 Å². The molecule has 1 aliphatic rings. The maximum Gasteiger partial charge on any atom is 0.326 e. The first-order valence-electron chi connectivity index (χ1n) is 6.08. The van der Waals surface area contributed by atoms with E-state index in [1.807, 2.05) is 12.1 Å². The van der Waals surface area contributed by atoms with Gasteiger partial charge >= 0.3 is 5.97 Å². The summed E-state index contributed by atoms with van der Waals surface area (Å²) in [5.74, 6) is -0.796. The molecule has 1 amide bonds. The summed E-state index contributed by atoms with van der Waals surface area (Å²) >= 11 is 6.19. The first-order chi connectivity index (χ1) is 9.93. The number of hydrogen-bond donors (Lipinski definition) is 1. The molecule has 0 bridgehead atoms. The third kappa shape index (κ3) is 3.25. The zero-order valence-corrected chi connectivity index (χ0v) is 13.0. The fraction of sp³-hybridized carbons (Fsp3) is 0.214. The summed E-state index contributed by atoms with van der Waals surface area (Å²) in [6.07, 6.45) is 1.68. The van der Waals surface area contributed by atoms with Crippen molar-refractivity contribution in [3.8, 4) is 5.75 Å². The van der Waals surface area contributed by atoms with Gasteiger partial charge in [-0.3, -0.25) is 9.69 Å². The van der Waals surface area contributed by atoms with E-state index in [-0.39, 0.29) is 10.2 Å². The number of amides is 1. The molecule has 1 atom stereocenters. The van der Waals surface area contributed by atoms with Crippen LogP contribution in [0.15, 0.2) is 29.2 Å². The monoisotopic (exact) mass is 323 g/mol. The second kappa shape index (κ2) is 6.28. The van der Waals surface area contributed by atoms with Crippen molar-refractivity contribution in [3.05, 3.63) is 34.7 Å². The highest BCUT2D eigenvalue weighted by atomic mass is 32.2. The standard InChI is InChI=1S/C14H13NO4S2/c1-8(13(17)18)15-12(16)11(21-14(15)20)7-9-4-3-5-10(6-9)19-2/h3-8H,1-2H3,(H,17,18). The molecule has 1 fully saturated rings. The summed E-state index contributed by atoms with van der Waals surface area (Å²) in [4.78, 5) is 24.8. The first kappa shape index (κ1) is 15.5. The molecule has 7 heteroatoms. The average Bonchev–Trinajstić information content (AvgIpc) is 2.73. The van der Waals surface area contributed by atoms with Gasteiger partial charge in [0.2, 0.25) is 0 Å². The minimum Gasteiger partial charge on any atom is -0.497 e. The van der Waals surface area contributed by atoms with E-state index in [0.29, 0.717) is 10.7 Å².